The Morgan fingerprint density at radius 1 is 0.870 bits per heavy atom. The van der Waals surface area contributed by atoms with E-state index in [0.29, 0.717) is 18.5 Å². The molecular formula is C19H21NO3. The second-order valence-electron chi connectivity index (χ2n) is 5.47. The summed E-state index contributed by atoms with van der Waals surface area (Å²) in [4.78, 5) is 22.5. The zero-order chi connectivity index (χ0) is 16.5. The van der Waals surface area contributed by atoms with E-state index in [-0.39, 0.29) is 12.3 Å². The number of amides is 1. The number of carboxylic acid groups (broad SMARTS) is 1. The summed E-state index contributed by atoms with van der Waals surface area (Å²) in [6.45, 7) is 0.511. The molecule has 120 valence electrons. The summed E-state index contributed by atoms with van der Waals surface area (Å²) >= 11 is 0. The topological polar surface area (TPSA) is 66.4 Å². The first-order valence-corrected chi connectivity index (χ1v) is 7.78. The second-order valence-corrected chi connectivity index (χ2v) is 5.47. The number of aliphatic carboxylic acids is 1. The molecule has 1 amide bonds. The summed E-state index contributed by atoms with van der Waals surface area (Å²) in [5.74, 6) is -0.846. The molecule has 0 aliphatic heterocycles. The summed E-state index contributed by atoms with van der Waals surface area (Å²) < 4.78 is 0. The van der Waals surface area contributed by atoms with Crippen LogP contribution in [-0.4, -0.2) is 17.0 Å². The molecule has 2 rings (SSSR count). The number of benzene rings is 2. The fourth-order valence-corrected chi connectivity index (χ4v) is 2.31. The lowest BCUT2D eigenvalue weighted by Gasteiger charge is -2.06. The molecule has 2 N–H and O–H groups in total. The van der Waals surface area contributed by atoms with Crippen LogP contribution >= 0.6 is 0 Å². The zero-order valence-corrected chi connectivity index (χ0v) is 13.0. The van der Waals surface area contributed by atoms with E-state index in [2.05, 4.69) is 5.32 Å². The van der Waals surface area contributed by atoms with Gasteiger partial charge in [0.25, 0.3) is 5.91 Å². The van der Waals surface area contributed by atoms with Crippen molar-refractivity contribution in [1.82, 2.24) is 5.32 Å². The predicted molar refractivity (Wildman–Crippen MR) is 89.2 cm³/mol. The Labute approximate surface area is 136 Å². The van der Waals surface area contributed by atoms with Crippen LogP contribution in [0, 0.1) is 0 Å². The van der Waals surface area contributed by atoms with Gasteiger partial charge < -0.3 is 10.4 Å². The molecule has 0 bridgehead atoms. The van der Waals surface area contributed by atoms with Crippen LogP contribution < -0.4 is 5.32 Å². The molecule has 0 saturated carbocycles. The van der Waals surface area contributed by atoms with Crippen molar-refractivity contribution in [2.75, 3.05) is 0 Å². The summed E-state index contributed by atoms with van der Waals surface area (Å²) in [6, 6.07) is 17.3. The molecule has 2 aromatic carbocycles. The number of nitrogens with one attached hydrogen (secondary N) is 1. The van der Waals surface area contributed by atoms with E-state index >= 15 is 0 Å². The molecule has 0 unspecified atom stereocenters. The number of aryl methyl sites for hydroxylation is 1. The van der Waals surface area contributed by atoms with E-state index in [4.69, 9.17) is 5.11 Å². The summed E-state index contributed by atoms with van der Waals surface area (Å²) in [5, 5.41) is 11.5. The van der Waals surface area contributed by atoms with Crippen LogP contribution in [0.25, 0.3) is 0 Å². The molecular weight excluding hydrogens is 290 g/mol. The lowest BCUT2D eigenvalue weighted by atomic mass is 10.0. The minimum absolute atomic E-state index is 0.0914. The first kappa shape index (κ1) is 16.7. The largest absolute Gasteiger partial charge is 0.481 e. The van der Waals surface area contributed by atoms with Gasteiger partial charge in [0.05, 0.1) is 0 Å². The Morgan fingerprint density at radius 3 is 2.22 bits per heavy atom. The first-order valence-electron chi connectivity index (χ1n) is 7.78. The first-order chi connectivity index (χ1) is 11.1. The molecule has 23 heavy (non-hydrogen) atoms. The molecule has 0 aliphatic carbocycles. The van der Waals surface area contributed by atoms with Gasteiger partial charge in [-0.15, -0.1) is 0 Å². The third-order valence-corrected chi connectivity index (χ3v) is 3.62. The van der Waals surface area contributed by atoms with Crippen molar-refractivity contribution in [3.8, 4) is 0 Å². The predicted octanol–water partition coefficient (Wildman–Crippen LogP) is 3.41. The molecule has 0 aromatic heterocycles. The number of hydrogen-bond donors (Lipinski definition) is 2. The molecule has 0 spiro atoms. The van der Waals surface area contributed by atoms with Crippen molar-refractivity contribution >= 4 is 11.9 Å². The maximum absolute atomic E-state index is 12.1. The summed E-state index contributed by atoms with van der Waals surface area (Å²) in [5.41, 5.74) is 2.82. The van der Waals surface area contributed by atoms with Crippen LogP contribution in [0.15, 0.2) is 54.6 Å². The van der Waals surface area contributed by atoms with Gasteiger partial charge >= 0.3 is 5.97 Å². The van der Waals surface area contributed by atoms with Crippen molar-refractivity contribution in [3.05, 3.63) is 71.3 Å². The molecule has 0 radical (unpaired) electrons. The van der Waals surface area contributed by atoms with Gasteiger partial charge in [-0.3, -0.25) is 9.59 Å². The Hall–Kier alpha value is -2.62. The summed E-state index contributed by atoms with van der Waals surface area (Å²) in [6.07, 6.45) is 2.56. The smallest absolute Gasteiger partial charge is 0.303 e. The summed E-state index contributed by atoms with van der Waals surface area (Å²) in [7, 11) is 0. The van der Waals surface area contributed by atoms with Gasteiger partial charge in [-0.1, -0.05) is 42.5 Å². The van der Waals surface area contributed by atoms with Gasteiger partial charge in [0.15, 0.2) is 0 Å². The van der Waals surface area contributed by atoms with Gasteiger partial charge in [-0.2, -0.15) is 0 Å². The minimum atomic E-state index is -0.754. The maximum atomic E-state index is 12.1. The second kappa shape index (κ2) is 8.73. The highest BCUT2D eigenvalue weighted by molar-refractivity contribution is 5.94. The number of rotatable bonds is 8. The molecule has 0 atom stereocenters. The molecule has 2 aromatic rings. The SMILES string of the molecule is O=C(O)CCCCc1ccc(C(=O)NCc2ccccc2)cc1. The molecule has 0 heterocycles. The van der Waals surface area contributed by atoms with E-state index in [1.807, 2.05) is 54.6 Å². The number of carboxylic acids is 1. The highest BCUT2D eigenvalue weighted by Crippen LogP contribution is 2.09. The Balaban J connectivity index is 1.79. The number of carbonyl (C=O) groups excluding carboxylic acids is 1. The molecule has 0 fully saturated rings. The number of carbonyl (C=O) groups is 2. The minimum Gasteiger partial charge on any atom is -0.481 e. The Morgan fingerprint density at radius 2 is 1.57 bits per heavy atom. The standard InChI is InChI=1S/C19H21NO3/c21-18(22)9-5-4-6-15-10-12-17(13-11-15)19(23)20-14-16-7-2-1-3-8-16/h1-3,7-8,10-13H,4-6,9,14H2,(H,20,23)(H,21,22). The van der Waals surface area contributed by atoms with Crippen molar-refractivity contribution in [2.24, 2.45) is 0 Å². The van der Waals surface area contributed by atoms with E-state index in [1.165, 1.54) is 0 Å². The lowest BCUT2D eigenvalue weighted by Crippen LogP contribution is -2.22. The highest BCUT2D eigenvalue weighted by Gasteiger charge is 2.05. The number of hydrogen-bond acceptors (Lipinski definition) is 2. The van der Waals surface area contributed by atoms with Gasteiger partial charge in [0, 0.05) is 18.5 Å². The van der Waals surface area contributed by atoms with Gasteiger partial charge in [0.2, 0.25) is 0 Å². The third-order valence-electron chi connectivity index (χ3n) is 3.62. The van der Waals surface area contributed by atoms with Crippen LogP contribution in [-0.2, 0) is 17.8 Å². The average Bonchev–Trinajstić information content (AvgIpc) is 2.58. The monoisotopic (exact) mass is 311 g/mol. The van der Waals surface area contributed by atoms with E-state index < -0.39 is 5.97 Å². The van der Waals surface area contributed by atoms with Crippen LogP contribution in [0.3, 0.4) is 0 Å². The fourth-order valence-electron chi connectivity index (χ4n) is 2.31. The van der Waals surface area contributed by atoms with Gasteiger partial charge in [-0.25, -0.2) is 0 Å². The quantitative estimate of drug-likeness (QED) is 0.734. The molecule has 0 saturated heterocycles. The lowest BCUT2D eigenvalue weighted by molar-refractivity contribution is -0.137. The Kier molecular flexibility index (Phi) is 6.36. The van der Waals surface area contributed by atoms with Crippen LogP contribution in [0.4, 0.5) is 0 Å². The van der Waals surface area contributed by atoms with Crippen LogP contribution in [0.1, 0.15) is 40.7 Å². The molecule has 4 heteroatoms. The van der Waals surface area contributed by atoms with E-state index in [1.54, 1.807) is 0 Å². The average molecular weight is 311 g/mol. The van der Waals surface area contributed by atoms with Crippen molar-refractivity contribution in [1.29, 1.82) is 0 Å². The van der Waals surface area contributed by atoms with Crippen molar-refractivity contribution < 1.29 is 14.7 Å². The zero-order valence-electron chi connectivity index (χ0n) is 13.0. The molecule has 0 aliphatic rings. The van der Waals surface area contributed by atoms with E-state index in [0.717, 1.165) is 24.0 Å². The van der Waals surface area contributed by atoms with E-state index in [9.17, 15) is 9.59 Å². The third kappa shape index (κ3) is 5.94. The van der Waals surface area contributed by atoms with Gasteiger partial charge in [-0.05, 0) is 42.5 Å². The van der Waals surface area contributed by atoms with Crippen molar-refractivity contribution in [2.45, 2.75) is 32.2 Å². The van der Waals surface area contributed by atoms with Crippen molar-refractivity contribution in [3.63, 3.8) is 0 Å². The normalized spacial score (nSPS) is 10.3. The Bertz CT molecular complexity index is 635. The highest BCUT2D eigenvalue weighted by atomic mass is 16.4. The number of unbranched alkanes of at least 4 members (excludes halogenated alkanes) is 1. The van der Waals surface area contributed by atoms with Crippen LogP contribution in [0.2, 0.25) is 0 Å². The maximum Gasteiger partial charge on any atom is 0.303 e. The van der Waals surface area contributed by atoms with Gasteiger partial charge in [0.1, 0.15) is 0 Å². The molecule has 4 nitrogen and oxygen atoms in total. The fraction of sp³-hybridized carbons (Fsp3) is 0.263. The van der Waals surface area contributed by atoms with Crippen LogP contribution in [0.5, 0.6) is 0 Å².